The van der Waals surface area contributed by atoms with Crippen molar-refractivity contribution in [3.05, 3.63) is 30.0 Å². The van der Waals surface area contributed by atoms with Crippen LogP contribution in [0, 0.1) is 0 Å². The van der Waals surface area contributed by atoms with Gasteiger partial charge in [-0.2, -0.15) is 0 Å². The molecule has 1 aliphatic rings. The molecule has 0 radical (unpaired) electrons. The van der Waals surface area contributed by atoms with Crippen LogP contribution in [0.4, 0.5) is 5.69 Å². The van der Waals surface area contributed by atoms with Gasteiger partial charge in [-0.15, -0.1) is 0 Å². The number of anilines is 1. The van der Waals surface area contributed by atoms with Crippen molar-refractivity contribution in [2.75, 3.05) is 18.0 Å². The molecule has 17 heavy (non-hydrogen) atoms. The summed E-state index contributed by atoms with van der Waals surface area (Å²) in [6, 6.07) is 5.95. The molecule has 3 heteroatoms. The number of carbonyl (C=O) groups excluding carboxylic acids is 1. The summed E-state index contributed by atoms with van der Waals surface area (Å²) in [5, 5.41) is 1.16. The van der Waals surface area contributed by atoms with Crippen LogP contribution in [0.1, 0.15) is 29.6 Å². The number of aromatic nitrogens is 1. The van der Waals surface area contributed by atoms with Crippen LogP contribution in [0.25, 0.3) is 10.9 Å². The second kappa shape index (κ2) is 4.24. The summed E-state index contributed by atoms with van der Waals surface area (Å²) >= 11 is 0. The molecule has 0 saturated carbocycles. The Hall–Kier alpha value is -1.77. The van der Waals surface area contributed by atoms with E-state index in [1.807, 2.05) is 18.3 Å². The fourth-order valence-corrected chi connectivity index (χ4v) is 2.70. The molecular weight excluding hydrogens is 212 g/mol. The standard InChI is InChI=1S/C14H16N2O/c17-10-11-4-5-13-12(6-7-15-13)14(11)16-8-2-1-3-9-16/h4-7,10,15H,1-3,8-9H2. The van der Waals surface area contributed by atoms with Crippen LogP contribution in [0.3, 0.4) is 0 Å². The second-order valence-electron chi connectivity index (χ2n) is 4.61. The largest absolute Gasteiger partial charge is 0.370 e. The van der Waals surface area contributed by atoms with Crippen LogP contribution in [0.2, 0.25) is 0 Å². The van der Waals surface area contributed by atoms with Gasteiger partial charge in [-0.25, -0.2) is 0 Å². The van der Waals surface area contributed by atoms with Crippen LogP contribution >= 0.6 is 0 Å². The van der Waals surface area contributed by atoms with Crippen molar-refractivity contribution < 1.29 is 4.79 Å². The van der Waals surface area contributed by atoms with Crippen LogP contribution in [0.5, 0.6) is 0 Å². The average molecular weight is 228 g/mol. The predicted octanol–water partition coefficient (Wildman–Crippen LogP) is 2.97. The van der Waals surface area contributed by atoms with E-state index in [1.165, 1.54) is 19.3 Å². The Morgan fingerprint density at radius 3 is 2.71 bits per heavy atom. The fraction of sp³-hybridized carbons (Fsp3) is 0.357. The van der Waals surface area contributed by atoms with Crippen LogP contribution in [0.15, 0.2) is 24.4 Å². The topological polar surface area (TPSA) is 36.1 Å². The Bertz CT molecular complexity index is 538. The number of hydrogen-bond donors (Lipinski definition) is 1. The van der Waals surface area contributed by atoms with E-state index >= 15 is 0 Å². The third kappa shape index (κ3) is 1.71. The van der Waals surface area contributed by atoms with E-state index in [-0.39, 0.29) is 0 Å². The lowest BCUT2D eigenvalue weighted by molar-refractivity contribution is 0.112. The Morgan fingerprint density at radius 1 is 1.12 bits per heavy atom. The number of nitrogens with zero attached hydrogens (tertiary/aromatic N) is 1. The first-order valence-corrected chi connectivity index (χ1v) is 6.20. The molecule has 1 N–H and O–H groups in total. The molecule has 0 aliphatic carbocycles. The maximum absolute atomic E-state index is 11.2. The number of benzene rings is 1. The molecule has 0 atom stereocenters. The van der Waals surface area contributed by atoms with Crippen molar-refractivity contribution in [2.24, 2.45) is 0 Å². The molecule has 2 aromatic rings. The van der Waals surface area contributed by atoms with Gasteiger partial charge < -0.3 is 9.88 Å². The van der Waals surface area contributed by atoms with E-state index in [9.17, 15) is 4.79 Å². The molecule has 0 amide bonds. The number of aldehydes is 1. The highest BCUT2D eigenvalue weighted by Crippen LogP contribution is 2.31. The molecule has 1 saturated heterocycles. The lowest BCUT2D eigenvalue weighted by Crippen LogP contribution is -2.30. The molecule has 1 fully saturated rings. The Morgan fingerprint density at radius 2 is 1.94 bits per heavy atom. The number of rotatable bonds is 2. The Kier molecular flexibility index (Phi) is 2.59. The van der Waals surface area contributed by atoms with Gasteiger partial charge in [0.15, 0.2) is 6.29 Å². The van der Waals surface area contributed by atoms with Gasteiger partial charge in [0.05, 0.1) is 5.69 Å². The highest BCUT2D eigenvalue weighted by atomic mass is 16.1. The third-order valence-corrected chi connectivity index (χ3v) is 3.54. The van der Waals surface area contributed by atoms with E-state index < -0.39 is 0 Å². The molecular formula is C14H16N2O. The molecule has 1 aromatic carbocycles. The molecule has 3 nitrogen and oxygen atoms in total. The number of piperidine rings is 1. The zero-order chi connectivity index (χ0) is 11.7. The maximum Gasteiger partial charge on any atom is 0.152 e. The SMILES string of the molecule is O=Cc1ccc2[nH]ccc2c1N1CCCCC1. The number of carbonyl (C=O) groups is 1. The minimum Gasteiger partial charge on any atom is -0.370 e. The minimum atomic E-state index is 0.805. The van der Waals surface area contributed by atoms with Gasteiger partial charge in [-0.1, -0.05) is 0 Å². The van der Waals surface area contributed by atoms with Gasteiger partial charge in [0.2, 0.25) is 0 Å². The zero-order valence-corrected chi connectivity index (χ0v) is 9.78. The number of aromatic amines is 1. The summed E-state index contributed by atoms with van der Waals surface area (Å²) in [6.45, 7) is 2.12. The molecule has 2 heterocycles. The van der Waals surface area contributed by atoms with Gasteiger partial charge >= 0.3 is 0 Å². The summed E-state index contributed by atoms with van der Waals surface area (Å²) in [7, 11) is 0. The van der Waals surface area contributed by atoms with E-state index in [1.54, 1.807) is 0 Å². The molecule has 0 bridgehead atoms. The van der Waals surface area contributed by atoms with Crippen molar-refractivity contribution in [2.45, 2.75) is 19.3 Å². The summed E-state index contributed by atoms with van der Waals surface area (Å²) in [4.78, 5) is 16.8. The number of nitrogens with one attached hydrogen (secondary N) is 1. The van der Waals surface area contributed by atoms with Gasteiger partial charge in [0.25, 0.3) is 0 Å². The Labute approximate surface area is 100 Å². The monoisotopic (exact) mass is 228 g/mol. The quantitative estimate of drug-likeness (QED) is 0.802. The molecule has 0 spiro atoms. The van der Waals surface area contributed by atoms with Gasteiger partial charge in [-0.05, 0) is 37.5 Å². The summed E-state index contributed by atoms with van der Waals surface area (Å²) in [5.74, 6) is 0. The van der Waals surface area contributed by atoms with Crippen molar-refractivity contribution in [1.82, 2.24) is 4.98 Å². The highest BCUT2D eigenvalue weighted by molar-refractivity contribution is 6.01. The van der Waals surface area contributed by atoms with E-state index in [4.69, 9.17) is 0 Å². The molecule has 0 unspecified atom stereocenters. The number of H-pyrrole nitrogens is 1. The van der Waals surface area contributed by atoms with E-state index in [0.717, 1.165) is 41.5 Å². The van der Waals surface area contributed by atoms with E-state index in [2.05, 4.69) is 16.0 Å². The smallest absolute Gasteiger partial charge is 0.152 e. The Balaban J connectivity index is 2.16. The van der Waals surface area contributed by atoms with Gasteiger partial charge in [0, 0.05) is 35.8 Å². The maximum atomic E-state index is 11.2. The van der Waals surface area contributed by atoms with Crippen molar-refractivity contribution in [3.63, 3.8) is 0 Å². The first-order chi connectivity index (χ1) is 8.40. The summed E-state index contributed by atoms with van der Waals surface area (Å²) < 4.78 is 0. The lowest BCUT2D eigenvalue weighted by Gasteiger charge is -2.30. The molecule has 1 aromatic heterocycles. The van der Waals surface area contributed by atoms with Crippen molar-refractivity contribution in [1.29, 1.82) is 0 Å². The average Bonchev–Trinajstić information content (AvgIpc) is 2.86. The summed E-state index contributed by atoms with van der Waals surface area (Å²) in [6.07, 6.45) is 6.65. The highest BCUT2D eigenvalue weighted by Gasteiger charge is 2.17. The predicted molar refractivity (Wildman–Crippen MR) is 69.8 cm³/mol. The fourth-order valence-electron chi connectivity index (χ4n) is 2.70. The van der Waals surface area contributed by atoms with Crippen molar-refractivity contribution in [3.8, 4) is 0 Å². The van der Waals surface area contributed by atoms with E-state index in [0.29, 0.717) is 0 Å². The second-order valence-corrected chi connectivity index (χ2v) is 4.61. The number of fused-ring (bicyclic) bond motifs is 1. The van der Waals surface area contributed by atoms with Crippen LogP contribution < -0.4 is 4.90 Å². The lowest BCUT2D eigenvalue weighted by atomic mass is 10.0. The summed E-state index contributed by atoms with van der Waals surface area (Å²) in [5.41, 5.74) is 3.02. The zero-order valence-electron chi connectivity index (χ0n) is 9.78. The van der Waals surface area contributed by atoms with Crippen LogP contribution in [-0.2, 0) is 0 Å². The van der Waals surface area contributed by atoms with Gasteiger partial charge in [-0.3, -0.25) is 4.79 Å². The minimum absolute atomic E-state index is 0.805. The first kappa shape index (κ1) is 10.4. The first-order valence-electron chi connectivity index (χ1n) is 6.20. The molecule has 88 valence electrons. The van der Waals surface area contributed by atoms with Gasteiger partial charge in [0.1, 0.15) is 0 Å². The third-order valence-electron chi connectivity index (χ3n) is 3.54. The number of hydrogen-bond acceptors (Lipinski definition) is 2. The van der Waals surface area contributed by atoms with Crippen molar-refractivity contribution >= 4 is 22.9 Å². The normalized spacial score (nSPS) is 16.4. The van der Waals surface area contributed by atoms with Crippen LogP contribution in [-0.4, -0.2) is 24.4 Å². The molecule has 1 aliphatic heterocycles. The molecule has 3 rings (SSSR count).